The standard InChI is InChI=1S/C13H25N3O/c17-13(5-4-12-2-1-3-12)15-8-11-16-9-6-14-7-10-16/h12,14H,1-11H2,(H,15,17). The van der Waals surface area contributed by atoms with Gasteiger partial charge in [0.2, 0.25) is 5.91 Å². The summed E-state index contributed by atoms with van der Waals surface area (Å²) in [5.74, 6) is 1.08. The Hall–Kier alpha value is -0.610. The van der Waals surface area contributed by atoms with E-state index in [4.69, 9.17) is 0 Å². The van der Waals surface area contributed by atoms with Gasteiger partial charge in [0.25, 0.3) is 0 Å². The molecule has 0 bridgehead atoms. The van der Waals surface area contributed by atoms with Crippen LogP contribution in [0.3, 0.4) is 0 Å². The Morgan fingerprint density at radius 2 is 2.06 bits per heavy atom. The zero-order valence-electron chi connectivity index (χ0n) is 10.7. The van der Waals surface area contributed by atoms with Gasteiger partial charge in [-0.3, -0.25) is 9.69 Å². The summed E-state index contributed by atoms with van der Waals surface area (Å²) in [4.78, 5) is 14.0. The minimum Gasteiger partial charge on any atom is -0.355 e. The second kappa shape index (κ2) is 6.97. The quantitative estimate of drug-likeness (QED) is 0.713. The number of carbonyl (C=O) groups is 1. The fraction of sp³-hybridized carbons (Fsp3) is 0.923. The summed E-state index contributed by atoms with van der Waals surface area (Å²) in [7, 11) is 0. The molecule has 4 nitrogen and oxygen atoms in total. The monoisotopic (exact) mass is 239 g/mol. The lowest BCUT2D eigenvalue weighted by Gasteiger charge is -2.27. The third kappa shape index (κ3) is 4.64. The van der Waals surface area contributed by atoms with Gasteiger partial charge in [0.15, 0.2) is 0 Å². The smallest absolute Gasteiger partial charge is 0.220 e. The molecule has 2 N–H and O–H groups in total. The number of amides is 1. The maximum Gasteiger partial charge on any atom is 0.220 e. The molecule has 0 aromatic rings. The fourth-order valence-electron chi connectivity index (χ4n) is 2.49. The summed E-state index contributed by atoms with van der Waals surface area (Å²) in [6.45, 7) is 6.18. The molecule has 0 aromatic heterocycles. The molecule has 1 heterocycles. The van der Waals surface area contributed by atoms with E-state index in [1.165, 1.54) is 19.3 Å². The molecule has 1 saturated carbocycles. The molecule has 0 atom stereocenters. The average molecular weight is 239 g/mol. The highest BCUT2D eigenvalue weighted by Crippen LogP contribution is 2.30. The molecule has 2 fully saturated rings. The van der Waals surface area contributed by atoms with Crippen LogP contribution in [0.2, 0.25) is 0 Å². The number of hydrogen-bond acceptors (Lipinski definition) is 3. The number of nitrogens with one attached hydrogen (secondary N) is 2. The second-order valence-corrected chi connectivity index (χ2v) is 5.28. The molecule has 2 aliphatic rings. The Kier molecular flexibility index (Phi) is 5.26. The molecule has 0 aromatic carbocycles. The molecule has 4 heteroatoms. The Bertz CT molecular complexity index is 235. The van der Waals surface area contributed by atoms with Crippen LogP contribution in [-0.4, -0.2) is 50.1 Å². The number of carbonyl (C=O) groups excluding carboxylic acids is 1. The number of nitrogens with zero attached hydrogens (tertiary/aromatic N) is 1. The third-order valence-electron chi connectivity index (χ3n) is 3.96. The highest BCUT2D eigenvalue weighted by Gasteiger charge is 2.18. The first-order valence-corrected chi connectivity index (χ1v) is 7.04. The topological polar surface area (TPSA) is 44.4 Å². The van der Waals surface area contributed by atoms with E-state index in [9.17, 15) is 4.79 Å². The molecule has 1 saturated heterocycles. The van der Waals surface area contributed by atoms with E-state index < -0.39 is 0 Å². The SMILES string of the molecule is O=C(CCC1CCC1)NCCN1CCNCC1. The molecule has 0 spiro atoms. The van der Waals surface area contributed by atoms with Crippen LogP contribution >= 0.6 is 0 Å². The Morgan fingerprint density at radius 1 is 1.29 bits per heavy atom. The van der Waals surface area contributed by atoms with E-state index in [-0.39, 0.29) is 5.91 Å². The minimum atomic E-state index is 0.243. The first-order chi connectivity index (χ1) is 8.34. The van der Waals surface area contributed by atoms with E-state index in [0.29, 0.717) is 0 Å². The van der Waals surface area contributed by atoms with Crippen molar-refractivity contribution in [2.75, 3.05) is 39.3 Å². The Labute approximate surface area is 104 Å². The maximum absolute atomic E-state index is 11.6. The van der Waals surface area contributed by atoms with Gasteiger partial charge >= 0.3 is 0 Å². The number of rotatable bonds is 6. The lowest BCUT2D eigenvalue weighted by Crippen LogP contribution is -2.46. The third-order valence-corrected chi connectivity index (χ3v) is 3.96. The van der Waals surface area contributed by atoms with Crippen LogP contribution < -0.4 is 10.6 Å². The predicted molar refractivity (Wildman–Crippen MR) is 68.9 cm³/mol. The molecule has 17 heavy (non-hydrogen) atoms. The summed E-state index contributed by atoms with van der Waals surface area (Å²) in [6.07, 6.45) is 5.88. The van der Waals surface area contributed by atoms with Crippen LogP contribution in [0.5, 0.6) is 0 Å². The minimum absolute atomic E-state index is 0.243. The van der Waals surface area contributed by atoms with Crippen molar-refractivity contribution >= 4 is 5.91 Å². The van der Waals surface area contributed by atoms with Crippen LogP contribution in [0.1, 0.15) is 32.1 Å². The summed E-state index contributed by atoms with van der Waals surface area (Å²) >= 11 is 0. The molecule has 2 rings (SSSR count). The molecule has 0 unspecified atom stereocenters. The van der Waals surface area contributed by atoms with Gasteiger partial charge in [-0.1, -0.05) is 19.3 Å². The van der Waals surface area contributed by atoms with Crippen molar-refractivity contribution in [1.29, 1.82) is 0 Å². The molecule has 1 aliphatic carbocycles. The number of piperazine rings is 1. The van der Waals surface area contributed by atoms with Gasteiger partial charge in [-0.15, -0.1) is 0 Å². The van der Waals surface area contributed by atoms with Crippen molar-refractivity contribution in [2.45, 2.75) is 32.1 Å². The highest BCUT2D eigenvalue weighted by atomic mass is 16.1. The number of hydrogen-bond donors (Lipinski definition) is 2. The molecule has 98 valence electrons. The van der Waals surface area contributed by atoms with Gasteiger partial charge < -0.3 is 10.6 Å². The fourth-order valence-corrected chi connectivity index (χ4v) is 2.49. The van der Waals surface area contributed by atoms with Crippen LogP contribution in [0, 0.1) is 5.92 Å². The van der Waals surface area contributed by atoms with E-state index in [0.717, 1.165) is 58.0 Å². The van der Waals surface area contributed by atoms with Crippen molar-refractivity contribution in [3.63, 3.8) is 0 Å². The van der Waals surface area contributed by atoms with Crippen molar-refractivity contribution in [1.82, 2.24) is 15.5 Å². The normalized spacial score (nSPS) is 22.1. The lowest BCUT2D eigenvalue weighted by molar-refractivity contribution is -0.121. The van der Waals surface area contributed by atoms with E-state index in [1.807, 2.05) is 0 Å². The van der Waals surface area contributed by atoms with Crippen molar-refractivity contribution < 1.29 is 4.79 Å². The molecule has 1 aliphatic heterocycles. The first kappa shape index (κ1) is 12.8. The van der Waals surface area contributed by atoms with Gasteiger partial charge in [0.05, 0.1) is 0 Å². The summed E-state index contributed by atoms with van der Waals surface area (Å²) in [5.41, 5.74) is 0. The molecular formula is C13H25N3O. The Balaban J connectivity index is 1.47. The lowest BCUT2D eigenvalue weighted by atomic mass is 9.82. The van der Waals surface area contributed by atoms with E-state index >= 15 is 0 Å². The summed E-state index contributed by atoms with van der Waals surface area (Å²) < 4.78 is 0. The summed E-state index contributed by atoms with van der Waals surface area (Å²) in [5, 5.41) is 6.36. The zero-order valence-corrected chi connectivity index (χ0v) is 10.7. The Morgan fingerprint density at radius 3 is 2.71 bits per heavy atom. The van der Waals surface area contributed by atoms with Gasteiger partial charge in [-0.25, -0.2) is 0 Å². The maximum atomic E-state index is 11.6. The van der Waals surface area contributed by atoms with Gasteiger partial charge in [0.1, 0.15) is 0 Å². The van der Waals surface area contributed by atoms with Crippen LogP contribution in [-0.2, 0) is 4.79 Å². The predicted octanol–water partition coefficient (Wildman–Crippen LogP) is 0.588. The van der Waals surface area contributed by atoms with Crippen molar-refractivity contribution in [3.05, 3.63) is 0 Å². The van der Waals surface area contributed by atoms with Crippen LogP contribution in [0.15, 0.2) is 0 Å². The van der Waals surface area contributed by atoms with Crippen LogP contribution in [0.4, 0.5) is 0 Å². The zero-order chi connectivity index (χ0) is 11.9. The molecular weight excluding hydrogens is 214 g/mol. The van der Waals surface area contributed by atoms with E-state index in [1.54, 1.807) is 0 Å². The van der Waals surface area contributed by atoms with Gasteiger partial charge in [-0.05, 0) is 12.3 Å². The van der Waals surface area contributed by atoms with Crippen molar-refractivity contribution in [2.24, 2.45) is 5.92 Å². The van der Waals surface area contributed by atoms with Crippen LogP contribution in [0.25, 0.3) is 0 Å². The molecule has 1 amide bonds. The largest absolute Gasteiger partial charge is 0.355 e. The van der Waals surface area contributed by atoms with Gasteiger partial charge in [0, 0.05) is 45.7 Å². The summed E-state index contributed by atoms with van der Waals surface area (Å²) in [6, 6.07) is 0. The molecule has 0 radical (unpaired) electrons. The highest BCUT2D eigenvalue weighted by molar-refractivity contribution is 5.75. The second-order valence-electron chi connectivity index (χ2n) is 5.28. The van der Waals surface area contributed by atoms with Gasteiger partial charge in [-0.2, -0.15) is 0 Å². The van der Waals surface area contributed by atoms with E-state index in [2.05, 4.69) is 15.5 Å². The first-order valence-electron chi connectivity index (χ1n) is 7.04. The average Bonchev–Trinajstić information content (AvgIpc) is 2.28. The van der Waals surface area contributed by atoms with Crippen molar-refractivity contribution in [3.8, 4) is 0 Å².